The maximum atomic E-state index is 14.0. The maximum Gasteiger partial charge on any atom is 0.179 e. The predicted octanol–water partition coefficient (Wildman–Crippen LogP) is 3.42. The molecule has 0 saturated carbocycles. The van der Waals surface area contributed by atoms with Gasteiger partial charge < -0.3 is 15.2 Å². The van der Waals surface area contributed by atoms with Crippen LogP contribution in [0.25, 0.3) is 0 Å². The molecule has 1 aromatic rings. The number of ether oxygens (including phenoxy) is 2. The summed E-state index contributed by atoms with van der Waals surface area (Å²) in [5.41, 5.74) is 5.64. The van der Waals surface area contributed by atoms with E-state index < -0.39 is 5.82 Å². The normalized spacial score (nSPS) is 11.4. The van der Waals surface area contributed by atoms with Crippen molar-refractivity contribution >= 4 is 33.1 Å². The van der Waals surface area contributed by atoms with Gasteiger partial charge in [0, 0.05) is 19.1 Å². The second-order valence-electron chi connectivity index (χ2n) is 4.67. The molecule has 0 aromatic heterocycles. The van der Waals surface area contributed by atoms with Crippen LogP contribution in [0.15, 0.2) is 16.6 Å². The van der Waals surface area contributed by atoms with Gasteiger partial charge in [0.15, 0.2) is 11.6 Å². The Morgan fingerprint density at radius 2 is 2.11 bits per heavy atom. The Bertz CT molecular complexity index is 480. The van der Waals surface area contributed by atoms with Crippen molar-refractivity contribution in [2.45, 2.75) is 25.9 Å². The summed E-state index contributed by atoms with van der Waals surface area (Å²) in [7, 11) is 1.63. The molecule has 0 spiro atoms. The molecule has 0 aliphatic rings. The summed E-state index contributed by atoms with van der Waals surface area (Å²) in [5.74, 6) is -0.334. The third-order valence-corrected chi connectivity index (χ3v) is 3.82. The van der Waals surface area contributed by atoms with Crippen molar-refractivity contribution in [3.63, 3.8) is 0 Å². The molecule has 2 N–H and O–H groups in total. The van der Waals surface area contributed by atoms with Crippen LogP contribution < -0.4 is 10.5 Å². The van der Waals surface area contributed by atoms with Crippen molar-refractivity contribution in [1.29, 1.82) is 0 Å². The Labute approximate surface area is 126 Å². The molecule has 0 fully saturated rings. The molecule has 0 heterocycles. The molecule has 0 atom stereocenters. The molecule has 3 nitrogen and oxygen atoms in total. The highest BCUT2D eigenvalue weighted by Gasteiger charge is 2.18. The predicted molar refractivity (Wildman–Crippen MR) is 81.2 cm³/mol. The van der Waals surface area contributed by atoms with E-state index in [1.165, 1.54) is 6.07 Å². The van der Waals surface area contributed by atoms with Gasteiger partial charge in [0.05, 0.1) is 16.7 Å². The molecule has 19 heavy (non-hydrogen) atoms. The van der Waals surface area contributed by atoms with Crippen molar-refractivity contribution in [3.8, 4) is 5.75 Å². The lowest BCUT2D eigenvalue weighted by Crippen LogP contribution is -2.25. The highest BCUT2D eigenvalue weighted by atomic mass is 79.9. The van der Waals surface area contributed by atoms with Gasteiger partial charge in [-0.15, -0.1) is 0 Å². The second kappa shape index (κ2) is 6.63. The topological polar surface area (TPSA) is 44.5 Å². The lowest BCUT2D eigenvalue weighted by molar-refractivity contribution is 0.00513. The van der Waals surface area contributed by atoms with E-state index in [-0.39, 0.29) is 20.8 Å². The van der Waals surface area contributed by atoms with Gasteiger partial charge in [0.2, 0.25) is 0 Å². The Kier molecular flexibility index (Phi) is 5.70. The van der Waals surface area contributed by atoms with Crippen LogP contribution in [0.5, 0.6) is 5.75 Å². The summed E-state index contributed by atoms with van der Waals surface area (Å²) in [6, 6.07) is 3.15. The van der Waals surface area contributed by atoms with E-state index in [4.69, 9.17) is 27.4 Å². The van der Waals surface area contributed by atoms with E-state index in [0.29, 0.717) is 18.6 Å². The molecule has 0 unspecified atom stereocenters. The van der Waals surface area contributed by atoms with Crippen molar-refractivity contribution < 1.29 is 13.9 Å². The maximum absolute atomic E-state index is 14.0. The third-order valence-electron chi connectivity index (χ3n) is 2.83. The van der Waals surface area contributed by atoms with Gasteiger partial charge in [-0.2, -0.15) is 0 Å². The Morgan fingerprint density at radius 1 is 1.47 bits per heavy atom. The molecule has 1 aromatic carbocycles. The van der Waals surface area contributed by atoms with Gasteiger partial charge in [-0.3, -0.25) is 0 Å². The van der Waals surface area contributed by atoms with Crippen molar-refractivity contribution in [3.05, 3.63) is 28.0 Å². The molecular weight excluding hydrogens is 333 g/mol. The summed E-state index contributed by atoms with van der Waals surface area (Å²) < 4.78 is 24.9. The van der Waals surface area contributed by atoms with Crippen molar-refractivity contribution in [2.24, 2.45) is 5.73 Å². The lowest BCUT2D eigenvalue weighted by Gasteiger charge is -2.22. The fourth-order valence-electron chi connectivity index (χ4n) is 1.34. The first-order chi connectivity index (χ1) is 8.78. The van der Waals surface area contributed by atoms with Gasteiger partial charge in [-0.25, -0.2) is 4.39 Å². The molecular formula is C13H17BrFNO2S. The second-order valence-corrected chi connectivity index (χ2v) is 5.90. The number of benzene rings is 1. The average Bonchev–Trinajstić information content (AvgIpc) is 2.34. The summed E-state index contributed by atoms with van der Waals surface area (Å²) in [6.45, 7) is 4.24. The van der Waals surface area contributed by atoms with Gasteiger partial charge >= 0.3 is 0 Å². The molecule has 106 valence electrons. The van der Waals surface area contributed by atoms with Crippen LogP contribution in [0.1, 0.15) is 25.8 Å². The Hall–Kier alpha value is -0.720. The monoisotopic (exact) mass is 349 g/mol. The van der Waals surface area contributed by atoms with E-state index in [0.717, 1.165) is 0 Å². The van der Waals surface area contributed by atoms with Crippen LogP contribution in [0, 0.1) is 5.82 Å². The van der Waals surface area contributed by atoms with E-state index in [1.54, 1.807) is 13.2 Å². The van der Waals surface area contributed by atoms with Crippen LogP contribution in [0.4, 0.5) is 4.39 Å². The van der Waals surface area contributed by atoms with E-state index in [2.05, 4.69) is 15.9 Å². The van der Waals surface area contributed by atoms with Crippen LogP contribution in [0.3, 0.4) is 0 Å². The SMILES string of the molecule is COC(C)(C)CCOc1ccc(C(N)=S)c(Br)c1F. The molecule has 6 heteroatoms. The molecule has 0 amide bonds. The summed E-state index contributed by atoms with van der Waals surface area (Å²) in [5, 5.41) is 0. The molecule has 0 radical (unpaired) electrons. The molecule has 1 rings (SSSR count). The fourth-order valence-corrected chi connectivity index (χ4v) is 2.18. The molecule has 0 aliphatic carbocycles. The molecule has 0 bridgehead atoms. The van der Waals surface area contributed by atoms with Gasteiger partial charge in [0.1, 0.15) is 4.99 Å². The van der Waals surface area contributed by atoms with Gasteiger partial charge in [0.25, 0.3) is 0 Å². The van der Waals surface area contributed by atoms with Gasteiger partial charge in [-0.1, -0.05) is 12.2 Å². The minimum Gasteiger partial charge on any atom is -0.490 e. The van der Waals surface area contributed by atoms with E-state index >= 15 is 0 Å². The number of nitrogens with two attached hydrogens (primary N) is 1. The number of hydrogen-bond donors (Lipinski definition) is 1. The number of thiocarbonyl (C=S) groups is 1. The van der Waals surface area contributed by atoms with Gasteiger partial charge in [-0.05, 0) is 41.9 Å². The number of halogens is 2. The summed E-state index contributed by atoms with van der Waals surface area (Å²) in [4.78, 5) is 0.137. The van der Waals surface area contributed by atoms with E-state index in [9.17, 15) is 4.39 Å². The Morgan fingerprint density at radius 3 is 2.63 bits per heavy atom. The first-order valence-corrected chi connectivity index (χ1v) is 6.94. The third kappa shape index (κ3) is 4.40. The first kappa shape index (κ1) is 16.3. The van der Waals surface area contributed by atoms with Crippen LogP contribution in [-0.4, -0.2) is 24.3 Å². The van der Waals surface area contributed by atoms with Crippen molar-refractivity contribution in [2.75, 3.05) is 13.7 Å². The fraction of sp³-hybridized carbons (Fsp3) is 0.462. The zero-order valence-corrected chi connectivity index (χ0v) is 13.5. The largest absolute Gasteiger partial charge is 0.490 e. The number of rotatable bonds is 6. The van der Waals surface area contributed by atoms with E-state index in [1.807, 2.05) is 13.8 Å². The minimum absolute atomic E-state index is 0.137. The Balaban J connectivity index is 2.76. The first-order valence-electron chi connectivity index (χ1n) is 5.74. The number of hydrogen-bond acceptors (Lipinski definition) is 3. The highest BCUT2D eigenvalue weighted by molar-refractivity contribution is 9.10. The number of methoxy groups -OCH3 is 1. The summed E-state index contributed by atoms with van der Waals surface area (Å²) in [6.07, 6.45) is 0.650. The average molecular weight is 350 g/mol. The highest BCUT2D eigenvalue weighted by Crippen LogP contribution is 2.29. The zero-order chi connectivity index (χ0) is 14.6. The molecule has 0 saturated heterocycles. The quantitative estimate of drug-likeness (QED) is 0.799. The lowest BCUT2D eigenvalue weighted by atomic mass is 10.1. The smallest absolute Gasteiger partial charge is 0.179 e. The van der Waals surface area contributed by atoms with Crippen LogP contribution in [0.2, 0.25) is 0 Å². The van der Waals surface area contributed by atoms with Crippen molar-refractivity contribution in [1.82, 2.24) is 0 Å². The zero-order valence-electron chi connectivity index (χ0n) is 11.1. The van der Waals surface area contributed by atoms with Crippen LogP contribution >= 0.6 is 28.1 Å². The standard InChI is InChI=1S/C13H17BrFNO2S/c1-13(2,17-3)6-7-18-9-5-4-8(12(16)19)10(14)11(9)15/h4-5H,6-7H2,1-3H3,(H2,16,19). The van der Waals surface area contributed by atoms with Crippen LogP contribution in [-0.2, 0) is 4.74 Å². The summed E-state index contributed by atoms with van der Waals surface area (Å²) >= 11 is 7.96. The minimum atomic E-state index is -0.500. The molecule has 0 aliphatic heterocycles.